The summed E-state index contributed by atoms with van der Waals surface area (Å²) in [6.07, 6.45) is 1.82. The third-order valence-corrected chi connectivity index (χ3v) is 3.49. The van der Waals surface area contributed by atoms with Gasteiger partial charge in [0.25, 0.3) is 0 Å². The highest BCUT2D eigenvalue weighted by Crippen LogP contribution is 2.32. The van der Waals surface area contributed by atoms with Gasteiger partial charge in [-0.05, 0) is 37.7 Å². The van der Waals surface area contributed by atoms with Gasteiger partial charge in [-0.1, -0.05) is 18.5 Å². The van der Waals surface area contributed by atoms with Gasteiger partial charge in [0.2, 0.25) is 0 Å². The molecular weight excluding hydrogens is 274 g/mol. The first-order chi connectivity index (χ1) is 9.71. The van der Waals surface area contributed by atoms with Gasteiger partial charge in [-0.3, -0.25) is 4.68 Å². The molecule has 1 aromatic heterocycles. The van der Waals surface area contributed by atoms with Gasteiger partial charge in [0.15, 0.2) is 0 Å². The Morgan fingerprint density at radius 2 is 2.15 bits per heavy atom. The van der Waals surface area contributed by atoms with Crippen molar-refractivity contribution in [3.8, 4) is 5.75 Å². The van der Waals surface area contributed by atoms with Crippen molar-refractivity contribution in [2.75, 3.05) is 13.7 Å². The molecule has 1 heterocycles. The van der Waals surface area contributed by atoms with Gasteiger partial charge in [-0.2, -0.15) is 5.10 Å². The summed E-state index contributed by atoms with van der Waals surface area (Å²) >= 11 is 6.15. The summed E-state index contributed by atoms with van der Waals surface area (Å²) in [6.45, 7) is 5.83. The Hall–Kier alpha value is -1.52. The van der Waals surface area contributed by atoms with Crippen LogP contribution in [-0.4, -0.2) is 23.4 Å². The zero-order valence-electron chi connectivity index (χ0n) is 12.1. The van der Waals surface area contributed by atoms with Gasteiger partial charge in [0, 0.05) is 23.3 Å². The van der Waals surface area contributed by atoms with Crippen LogP contribution in [0.5, 0.6) is 5.75 Å². The Labute approximate surface area is 124 Å². The highest BCUT2D eigenvalue weighted by molar-refractivity contribution is 6.30. The van der Waals surface area contributed by atoms with Gasteiger partial charge in [-0.25, -0.2) is 0 Å². The van der Waals surface area contributed by atoms with Crippen LogP contribution in [0.4, 0.5) is 0 Å². The van der Waals surface area contributed by atoms with Gasteiger partial charge in [0.1, 0.15) is 5.75 Å². The van der Waals surface area contributed by atoms with Crippen LogP contribution in [0.15, 0.2) is 30.5 Å². The normalized spacial score (nSPS) is 12.4. The smallest absolute Gasteiger partial charge is 0.124 e. The maximum atomic E-state index is 6.15. The third kappa shape index (κ3) is 2.97. The predicted molar refractivity (Wildman–Crippen MR) is 81.4 cm³/mol. The van der Waals surface area contributed by atoms with Gasteiger partial charge in [0.05, 0.1) is 18.8 Å². The lowest BCUT2D eigenvalue weighted by Gasteiger charge is -2.22. The minimum Gasteiger partial charge on any atom is -0.496 e. The number of ether oxygens (including phenoxy) is 1. The van der Waals surface area contributed by atoms with Crippen molar-refractivity contribution < 1.29 is 4.74 Å². The molecule has 0 spiro atoms. The first-order valence-electron chi connectivity index (χ1n) is 6.79. The molecule has 4 nitrogen and oxygen atoms in total. The molecule has 0 saturated heterocycles. The quantitative estimate of drug-likeness (QED) is 0.888. The molecular formula is C15H20ClN3O. The van der Waals surface area contributed by atoms with Crippen LogP contribution in [-0.2, 0) is 6.54 Å². The summed E-state index contributed by atoms with van der Waals surface area (Å²) in [5, 5.41) is 8.52. The number of methoxy groups -OCH3 is 1. The van der Waals surface area contributed by atoms with Crippen molar-refractivity contribution in [3.05, 3.63) is 46.7 Å². The summed E-state index contributed by atoms with van der Waals surface area (Å²) in [5.41, 5.74) is 2.13. The summed E-state index contributed by atoms with van der Waals surface area (Å²) in [7, 11) is 1.67. The second-order valence-electron chi connectivity index (χ2n) is 4.45. The van der Waals surface area contributed by atoms with E-state index in [1.165, 1.54) is 0 Å². The van der Waals surface area contributed by atoms with Crippen LogP contribution < -0.4 is 10.1 Å². The molecule has 0 saturated carbocycles. The van der Waals surface area contributed by atoms with Crippen molar-refractivity contribution >= 4 is 11.6 Å². The Kier molecular flexibility index (Phi) is 5.04. The Balaban J connectivity index is 2.50. The molecule has 0 amide bonds. The fourth-order valence-electron chi connectivity index (χ4n) is 2.36. The molecule has 2 aromatic rings. The number of aromatic nitrogens is 2. The van der Waals surface area contributed by atoms with Gasteiger partial charge in [-0.15, -0.1) is 0 Å². The van der Waals surface area contributed by atoms with Crippen LogP contribution in [0.1, 0.15) is 31.1 Å². The monoisotopic (exact) mass is 293 g/mol. The van der Waals surface area contributed by atoms with E-state index >= 15 is 0 Å². The number of halogens is 1. The molecule has 0 bridgehead atoms. The lowest BCUT2D eigenvalue weighted by atomic mass is 10.0. The van der Waals surface area contributed by atoms with Crippen LogP contribution in [0, 0.1) is 0 Å². The second kappa shape index (κ2) is 6.77. The van der Waals surface area contributed by atoms with Crippen LogP contribution in [0.25, 0.3) is 0 Å². The molecule has 2 rings (SSSR count). The molecule has 0 aliphatic rings. The van der Waals surface area contributed by atoms with Crippen LogP contribution in [0.2, 0.25) is 5.02 Å². The summed E-state index contributed by atoms with van der Waals surface area (Å²) in [6, 6.07) is 7.72. The van der Waals surface area contributed by atoms with Crippen molar-refractivity contribution in [1.82, 2.24) is 15.1 Å². The highest BCUT2D eigenvalue weighted by Gasteiger charge is 2.21. The SMILES string of the molecule is CCNC(c1cc(Cl)ccc1OC)c1ccnn1CC. The topological polar surface area (TPSA) is 39.1 Å². The standard InChI is InChI=1S/C15H20ClN3O/c1-4-17-15(13-8-9-18-19(13)5-2)12-10-11(16)6-7-14(12)20-3/h6-10,15,17H,4-5H2,1-3H3. The number of aryl methyl sites for hydroxylation is 1. The van der Waals surface area contributed by atoms with E-state index in [1.54, 1.807) is 7.11 Å². The number of nitrogens with one attached hydrogen (secondary N) is 1. The van der Waals surface area contributed by atoms with Gasteiger partial charge >= 0.3 is 0 Å². The molecule has 1 N–H and O–H groups in total. The average molecular weight is 294 g/mol. The summed E-state index contributed by atoms with van der Waals surface area (Å²) in [5.74, 6) is 0.823. The fourth-order valence-corrected chi connectivity index (χ4v) is 2.54. The largest absolute Gasteiger partial charge is 0.496 e. The van der Waals surface area contributed by atoms with Crippen molar-refractivity contribution in [2.24, 2.45) is 0 Å². The maximum Gasteiger partial charge on any atom is 0.124 e. The lowest BCUT2D eigenvalue weighted by molar-refractivity contribution is 0.402. The zero-order chi connectivity index (χ0) is 14.5. The Morgan fingerprint density at radius 1 is 1.35 bits per heavy atom. The van der Waals surface area contributed by atoms with E-state index in [1.807, 2.05) is 35.1 Å². The highest BCUT2D eigenvalue weighted by atomic mass is 35.5. The van der Waals surface area contributed by atoms with E-state index in [0.29, 0.717) is 5.02 Å². The molecule has 20 heavy (non-hydrogen) atoms. The van der Waals surface area contributed by atoms with E-state index in [2.05, 4.69) is 24.3 Å². The third-order valence-electron chi connectivity index (χ3n) is 3.26. The number of nitrogens with zero attached hydrogens (tertiary/aromatic N) is 2. The number of hydrogen-bond acceptors (Lipinski definition) is 3. The lowest BCUT2D eigenvalue weighted by Crippen LogP contribution is -2.25. The van der Waals surface area contributed by atoms with E-state index in [-0.39, 0.29) is 6.04 Å². The van der Waals surface area contributed by atoms with Gasteiger partial charge < -0.3 is 10.1 Å². The Morgan fingerprint density at radius 3 is 2.80 bits per heavy atom. The van der Waals surface area contributed by atoms with E-state index in [4.69, 9.17) is 16.3 Å². The Bertz CT molecular complexity index is 568. The van der Waals surface area contributed by atoms with Crippen molar-refractivity contribution in [2.45, 2.75) is 26.4 Å². The zero-order valence-corrected chi connectivity index (χ0v) is 12.8. The fraction of sp³-hybridized carbons (Fsp3) is 0.400. The molecule has 5 heteroatoms. The van der Waals surface area contributed by atoms with Crippen LogP contribution >= 0.6 is 11.6 Å². The number of benzene rings is 1. The minimum atomic E-state index is 0.0103. The molecule has 108 valence electrons. The van der Waals surface area contributed by atoms with Crippen molar-refractivity contribution in [1.29, 1.82) is 0 Å². The molecule has 1 unspecified atom stereocenters. The van der Waals surface area contributed by atoms with E-state index < -0.39 is 0 Å². The molecule has 1 aromatic carbocycles. The average Bonchev–Trinajstić information content (AvgIpc) is 2.93. The number of rotatable bonds is 6. The summed E-state index contributed by atoms with van der Waals surface area (Å²) in [4.78, 5) is 0. The predicted octanol–water partition coefficient (Wildman–Crippen LogP) is 3.26. The second-order valence-corrected chi connectivity index (χ2v) is 4.89. The number of hydrogen-bond donors (Lipinski definition) is 1. The molecule has 0 radical (unpaired) electrons. The molecule has 1 atom stereocenters. The van der Waals surface area contributed by atoms with Crippen molar-refractivity contribution in [3.63, 3.8) is 0 Å². The molecule has 0 aliphatic carbocycles. The van der Waals surface area contributed by atoms with Crippen LogP contribution in [0.3, 0.4) is 0 Å². The molecule has 0 aliphatic heterocycles. The maximum absolute atomic E-state index is 6.15. The molecule has 0 fully saturated rings. The minimum absolute atomic E-state index is 0.0103. The first kappa shape index (κ1) is 14.9. The van der Waals surface area contributed by atoms with E-state index in [0.717, 1.165) is 30.1 Å². The first-order valence-corrected chi connectivity index (χ1v) is 7.17. The summed E-state index contributed by atoms with van der Waals surface area (Å²) < 4.78 is 7.45. The van der Waals surface area contributed by atoms with E-state index in [9.17, 15) is 0 Å².